The van der Waals surface area contributed by atoms with Gasteiger partial charge in [0.2, 0.25) is 17.7 Å². The van der Waals surface area contributed by atoms with Crippen LogP contribution < -0.4 is 15.4 Å². The number of nitrogen functional groups attached to an aromatic ring is 1. The second-order valence-electron chi connectivity index (χ2n) is 13.2. The van der Waals surface area contributed by atoms with Crippen molar-refractivity contribution in [2.24, 2.45) is 12.5 Å². The maximum absolute atomic E-state index is 14.0. The number of nitrogens with one attached hydrogen (secondary N) is 1. The van der Waals surface area contributed by atoms with Gasteiger partial charge >= 0.3 is 0 Å². The van der Waals surface area contributed by atoms with E-state index in [-0.39, 0.29) is 23.6 Å². The van der Waals surface area contributed by atoms with Crippen molar-refractivity contribution in [3.05, 3.63) is 71.3 Å². The maximum Gasteiger partial charge on any atom is 0.237 e. The van der Waals surface area contributed by atoms with Gasteiger partial charge in [-0.2, -0.15) is 5.10 Å². The second kappa shape index (κ2) is 13.2. The summed E-state index contributed by atoms with van der Waals surface area (Å²) in [5.74, 6) is 1.30. The van der Waals surface area contributed by atoms with Gasteiger partial charge in [-0.15, -0.1) is 11.3 Å². The summed E-state index contributed by atoms with van der Waals surface area (Å²) >= 11 is 1.57. The number of benzene rings is 1. The number of hydrogen-bond acceptors (Lipinski definition) is 11. The molecular formula is C35H40N10O3S. The van der Waals surface area contributed by atoms with E-state index in [0.29, 0.717) is 80.6 Å². The third-order valence-corrected chi connectivity index (χ3v) is 10.5. The number of carbonyl (C=O) groups is 2. The summed E-state index contributed by atoms with van der Waals surface area (Å²) in [6, 6.07) is 8.96. The molecule has 1 atom stereocenters. The van der Waals surface area contributed by atoms with E-state index in [9.17, 15) is 9.59 Å². The minimum atomic E-state index is -0.522. The molecule has 14 heteroatoms. The zero-order valence-corrected chi connectivity index (χ0v) is 28.7. The molecule has 254 valence electrons. The highest BCUT2D eigenvalue weighted by atomic mass is 32.1. The number of amides is 2. The van der Waals surface area contributed by atoms with E-state index in [1.165, 1.54) is 0 Å². The Morgan fingerprint density at radius 1 is 1.10 bits per heavy atom. The topological polar surface area (TPSA) is 159 Å². The number of aromatic nitrogens is 5. The van der Waals surface area contributed by atoms with Gasteiger partial charge in [-0.05, 0) is 69.5 Å². The second-order valence-corrected chi connectivity index (χ2v) is 14.3. The van der Waals surface area contributed by atoms with Gasteiger partial charge < -0.3 is 20.3 Å². The molecule has 49 heavy (non-hydrogen) atoms. The standard InChI is InChI=1S/C35H40N10O3S/c1-22(2)48-29-7-4-24(17-38-29)31(37)26-16-25(5-6-27(26)36)45-15-11-35(34(45)47)10-14-43(20-35)19-30(46)44-12-8-23(9-13-44)33-39-18-28(49-33)32-40-21-42(3)41-32/h4-8,16-18,21-22,37H,9-15,19-20,36H2,1-3H3/t35-/m0/s1. The summed E-state index contributed by atoms with van der Waals surface area (Å²) in [6.07, 6.45) is 9.34. The molecular weight excluding hydrogens is 641 g/mol. The minimum Gasteiger partial charge on any atom is -0.475 e. The van der Waals surface area contributed by atoms with Crippen LogP contribution in [-0.4, -0.2) is 97.4 Å². The lowest BCUT2D eigenvalue weighted by atomic mass is 9.85. The van der Waals surface area contributed by atoms with Crippen LogP contribution in [0.15, 0.2) is 55.1 Å². The molecule has 2 fully saturated rings. The van der Waals surface area contributed by atoms with Crippen LogP contribution >= 0.6 is 11.3 Å². The van der Waals surface area contributed by atoms with E-state index in [4.69, 9.17) is 15.9 Å². The molecule has 3 N–H and O–H groups in total. The van der Waals surface area contributed by atoms with Crippen molar-refractivity contribution in [2.75, 3.05) is 49.9 Å². The number of thiazole rings is 1. The first-order valence-electron chi connectivity index (χ1n) is 16.5. The first-order valence-corrected chi connectivity index (χ1v) is 17.3. The fourth-order valence-corrected chi connectivity index (χ4v) is 7.74. The fraction of sp³-hybridized carbons (Fsp3) is 0.400. The molecule has 0 aliphatic carbocycles. The SMILES string of the molecule is CC(C)Oc1ccc(C(=N)c2cc(N3CC[C@]4(CCN(CC(=O)N5CC=C(c6ncc(-c7ncn(C)n7)s6)CC5)C4)C3=O)ccc2N)cn1. The van der Waals surface area contributed by atoms with E-state index in [2.05, 4.69) is 31.0 Å². The lowest BCUT2D eigenvalue weighted by Crippen LogP contribution is -2.43. The Hall–Kier alpha value is -4.95. The number of nitrogens with two attached hydrogens (primary N) is 1. The van der Waals surface area contributed by atoms with Crippen molar-refractivity contribution in [2.45, 2.75) is 39.2 Å². The molecule has 13 nitrogen and oxygen atoms in total. The van der Waals surface area contributed by atoms with Gasteiger partial charge in [0.25, 0.3) is 0 Å². The first kappa shape index (κ1) is 32.6. The Morgan fingerprint density at radius 2 is 1.94 bits per heavy atom. The molecule has 7 rings (SSSR count). The minimum absolute atomic E-state index is 0.000857. The third kappa shape index (κ3) is 6.57. The highest BCUT2D eigenvalue weighted by Gasteiger charge is 2.51. The lowest BCUT2D eigenvalue weighted by Gasteiger charge is -2.28. The number of aryl methyl sites for hydroxylation is 1. The van der Waals surface area contributed by atoms with Crippen molar-refractivity contribution < 1.29 is 14.3 Å². The predicted molar refractivity (Wildman–Crippen MR) is 189 cm³/mol. The average molecular weight is 681 g/mol. The van der Waals surface area contributed by atoms with Crippen molar-refractivity contribution >= 4 is 45.8 Å². The monoisotopic (exact) mass is 680 g/mol. The Bertz CT molecular complexity index is 1930. The number of nitrogens with zero attached hydrogens (tertiary/aromatic N) is 8. The smallest absolute Gasteiger partial charge is 0.237 e. The molecule has 1 aromatic carbocycles. The molecule has 0 bridgehead atoms. The normalized spacial score (nSPS) is 19.7. The molecule has 0 unspecified atom stereocenters. The van der Waals surface area contributed by atoms with Gasteiger partial charge in [-0.1, -0.05) is 6.08 Å². The Morgan fingerprint density at radius 3 is 2.65 bits per heavy atom. The van der Waals surface area contributed by atoms with Crippen molar-refractivity contribution in [1.29, 1.82) is 5.41 Å². The van der Waals surface area contributed by atoms with Gasteiger partial charge in [0.1, 0.15) is 11.3 Å². The van der Waals surface area contributed by atoms with Crippen LogP contribution in [0, 0.1) is 10.8 Å². The summed E-state index contributed by atoms with van der Waals surface area (Å²) in [5.41, 5.74) is 9.49. The molecule has 0 radical (unpaired) electrons. The highest BCUT2D eigenvalue weighted by Crippen LogP contribution is 2.43. The molecule has 4 aromatic rings. The predicted octanol–water partition coefficient (Wildman–Crippen LogP) is 3.86. The molecule has 2 amide bonds. The molecule has 3 aliphatic heterocycles. The third-order valence-electron chi connectivity index (χ3n) is 9.47. The van der Waals surface area contributed by atoms with Gasteiger partial charge in [-0.25, -0.2) is 15.0 Å². The van der Waals surface area contributed by atoms with Crippen molar-refractivity contribution in [3.8, 4) is 16.6 Å². The number of pyridine rings is 1. The lowest BCUT2D eigenvalue weighted by molar-refractivity contribution is -0.132. The van der Waals surface area contributed by atoms with Crippen LogP contribution in [0.3, 0.4) is 0 Å². The average Bonchev–Trinajstić information content (AvgIpc) is 3.90. The summed E-state index contributed by atoms with van der Waals surface area (Å²) < 4.78 is 7.30. The van der Waals surface area contributed by atoms with Crippen LogP contribution in [0.1, 0.15) is 49.2 Å². The number of rotatable bonds is 9. The van der Waals surface area contributed by atoms with Crippen LogP contribution in [0.4, 0.5) is 11.4 Å². The Labute approximate surface area is 288 Å². The van der Waals surface area contributed by atoms with Crippen molar-refractivity contribution in [3.63, 3.8) is 0 Å². The van der Waals surface area contributed by atoms with Gasteiger partial charge in [-0.3, -0.25) is 24.6 Å². The van der Waals surface area contributed by atoms with E-state index in [0.717, 1.165) is 27.6 Å². The van der Waals surface area contributed by atoms with Gasteiger partial charge in [0.15, 0.2) is 5.82 Å². The number of anilines is 2. The molecule has 0 saturated carbocycles. The summed E-state index contributed by atoms with van der Waals surface area (Å²) in [6.45, 7) is 7.16. The number of likely N-dealkylation sites (tertiary alicyclic amines) is 1. The Balaban J connectivity index is 0.958. The van der Waals surface area contributed by atoms with E-state index >= 15 is 0 Å². The van der Waals surface area contributed by atoms with Gasteiger partial charge in [0, 0.05) is 74.2 Å². The molecule has 1 spiro atoms. The fourth-order valence-electron chi connectivity index (χ4n) is 6.82. The van der Waals surface area contributed by atoms with E-state index < -0.39 is 5.41 Å². The first-order chi connectivity index (χ1) is 23.6. The van der Waals surface area contributed by atoms with Crippen LogP contribution in [-0.2, 0) is 16.6 Å². The molecule has 6 heterocycles. The number of ether oxygens (including phenoxy) is 1. The zero-order valence-electron chi connectivity index (χ0n) is 27.9. The molecule has 3 aromatic heterocycles. The molecule has 3 aliphatic rings. The summed E-state index contributed by atoms with van der Waals surface area (Å²) in [7, 11) is 1.84. The number of carbonyl (C=O) groups excluding carboxylic acids is 2. The summed E-state index contributed by atoms with van der Waals surface area (Å²) in [4.78, 5) is 47.3. The quantitative estimate of drug-likeness (QED) is 0.198. The van der Waals surface area contributed by atoms with Crippen LogP contribution in [0.2, 0.25) is 0 Å². The summed E-state index contributed by atoms with van der Waals surface area (Å²) in [5, 5.41) is 14.2. The van der Waals surface area contributed by atoms with Gasteiger partial charge in [0.05, 0.1) is 28.7 Å². The largest absolute Gasteiger partial charge is 0.475 e. The Kier molecular flexibility index (Phi) is 8.75. The number of hydrogen-bond donors (Lipinski definition) is 2. The van der Waals surface area contributed by atoms with Crippen LogP contribution in [0.5, 0.6) is 5.88 Å². The highest BCUT2D eigenvalue weighted by molar-refractivity contribution is 7.16. The van der Waals surface area contributed by atoms with Crippen molar-refractivity contribution in [1.82, 2.24) is 34.5 Å². The zero-order chi connectivity index (χ0) is 34.3. The van der Waals surface area contributed by atoms with E-state index in [1.807, 2.05) is 42.8 Å². The van der Waals surface area contributed by atoms with E-state index in [1.54, 1.807) is 52.9 Å². The maximum atomic E-state index is 14.0. The molecule has 2 saturated heterocycles. The van der Waals surface area contributed by atoms with Crippen LogP contribution in [0.25, 0.3) is 16.3 Å².